The monoisotopic (exact) mass is 600 g/mol. The molecule has 2 saturated heterocycles. The molecular formula is C31H36F4N6O2. The van der Waals surface area contributed by atoms with E-state index >= 15 is 4.39 Å². The van der Waals surface area contributed by atoms with E-state index in [2.05, 4.69) is 40.9 Å². The first-order valence-corrected chi connectivity index (χ1v) is 14.5. The van der Waals surface area contributed by atoms with Gasteiger partial charge in [-0.05, 0) is 53.9 Å². The number of carbonyl (C=O) groups excluding carboxylic acids is 1. The molecule has 3 aliphatic rings. The Balaban J connectivity index is 1.32. The lowest BCUT2D eigenvalue weighted by atomic mass is 9.74. The zero-order valence-electron chi connectivity index (χ0n) is 24.7. The molecule has 1 aromatic heterocycles. The molecule has 0 saturated carbocycles. The van der Waals surface area contributed by atoms with Crippen LogP contribution in [0.15, 0.2) is 42.7 Å². The van der Waals surface area contributed by atoms with Crippen molar-refractivity contribution in [2.45, 2.75) is 50.7 Å². The van der Waals surface area contributed by atoms with Gasteiger partial charge in [0.15, 0.2) is 12.0 Å². The van der Waals surface area contributed by atoms with Gasteiger partial charge in [-0.25, -0.2) is 4.39 Å². The average molecular weight is 601 g/mol. The molecule has 43 heavy (non-hydrogen) atoms. The predicted octanol–water partition coefficient (Wildman–Crippen LogP) is 4.75. The standard InChI is InChI=1S/C31H36F4N6O2/c1-19(2)26-15-38(3)8-9-40(26)13-20-10-23-24(25(11-20)31(33,34)35)14-41(29(23)42)22-7-5-6-21(12-22)30(16-43-17-30)27(32)28-37-36-18-39(28)4/h5-7,10-12,18-19,26-27H,8-9,13-17H2,1-4H3/t26-,27-/m1/s1. The minimum atomic E-state index is -4.62. The Morgan fingerprint density at radius 2 is 1.88 bits per heavy atom. The van der Waals surface area contributed by atoms with Crippen LogP contribution in [0.3, 0.4) is 0 Å². The number of aryl methyl sites for hydroxylation is 1. The molecule has 0 unspecified atom stereocenters. The van der Waals surface area contributed by atoms with Gasteiger partial charge in [0.2, 0.25) is 0 Å². The van der Waals surface area contributed by atoms with Crippen LogP contribution in [0.2, 0.25) is 0 Å². The van der Waals surface area contributed by atoms with Gasteiger partial charge in [-0.15, -0.1) is 10.2 Å². The van der Waals surface area contributed by atoms with E-state index in [9.17, 15) is 18.0 Å². The maximum atomic E-state index is 15.9. The zero-order valence-corrected chi connectivity index (χ0v) is 24.7. The number of fused-ring (bicyclic) bond motifs is 1. The highest BCUT2D eigenvalue weighted by Gasteiger charge is 2.51. The summed E-state index contributed by atoms with van der Waals surface area (Å²) in [6, 6.07) is 9.82. The number of aromatic nitrogens is 3. The van der Waals surface area contributed by atoms with Gasteiger partial charge < -0.3 is 19.1 Å². The molecule has 2 atom stereocenters. The van der Waals surface area contributed by atoms with Crippen LogP contribution in [-0.2, 0) is 36.5 Å². The van der Waals surface area contributed by atoms with Crippen molar-refractivity contribution in [3.05, 3.63) is 76.4 Å². The van der Waals surface area contributed by atoms with Crippen LogP contribution in [0.4, 0.5) is 23.2 Å². The molecular weight excluding hydrogens is 564 g/mol. The van der Waals surface area contributed by atoms with E-state index in [1.165, 1.54) is 21.9 Å². The van der Waals surface area contributed by atoms with Crippen LogP contribution in [0.25, 0.3) is 0 Å². The lowest BCUT2D eigenvalue weighted by molar-refractivity contribution is -0.138. The molecule has 4 heterocycles. The molecule has 3 aromatic rings. The molecule has 2 aromatic carbocycles. The molecule has 0 bridgehead atoms. The van der Waals surface area contributed by atoms with Gasteiger partial charge in [-0.3, -0.25) is 9.69 Å². The van der Waals surface area contributed by atoms with Crippen LogP contribution < -0.4 is 4.90 Å². The highest BCUT2D eigenvalue weighted by atomic mass is 19.4. The van der Waals surface area contributed by atoms with Crippen molar-refractivity contribution in [1.29, 1.82) is 0 Å². The van der Waals surface area contributed by atoms with E-state index in [1.807, 2.05) is 0 Å². The Morgan fingerprint density at radius 3 is 2.51 bits per heavy atom. The number of carbonyl (C=O) groups is 1. The van der Waals surface area contributed by atoms with E-state index in [0.717, 1.165) is 19.6 Å². The number of hydrogen-bond acceptors (Lipinski definition) is 6. The van der Waals surface area contributed by atoms with Crippen molar-refractivity contribution in [3.8, 4) is 0 Å². The van der Waals surface area contributed by atoms with Crippen LogP contribution in [0.1, 0.15) is 58.5 Å². The molecule has 0 spiro atoms. The smallest absolute Gasteiger partial charge is 0.379 e. The van der Waals surface area contributed by atoms with Crippen molar-refractivity contribution in [2.75, 3.05) is 44.8 Å². The average Bonchev–Trinajstić information content (AvgIpc) is 3.51. The van der Waals surface area contributed by atoms with Crippen LogP contribution in [0, 0.1) is 5.92 Å². The molecule has 230 valence electrons. The fourth-order valence-electron chi connectivity index (χ4n) is 6.61. The number of halogens is 4. The number of nitrogens with zero attached hydrogens (tertiary/aromatic N) is 6. The molecule has 12 heteroatoms. The molecule has 8 nitrogen and oxygen atoms in total. The molecule has 6 rings (SSSR count). The van der Waals surface area contributed by atoms with Gasteiger partial charge in [-0.2, -0.15) is 13.2 Å². The number of hydrogen-bond donors (Lipinski definition) is 0. The third-order valence-corrected chi connectivity index (χ3v) is 9.21. The summed E-state index contributed by atoms with van der Waals surface area (Å²) >= 11 is 0. The van der Waals surface area contributed by atoms with Crippen molar-refractivity contribution in [1.82, 2.24) is 24.6 Å². The Hall–Kier alpha value is -3.35. The van der Waals surface area contributed by atoms with Gasteiger partial charge in [0, 0.05) is 50.5 Å². The minimum Gasteiger partial charge on any atom is -0.379 e. The topological polar surface area (TPSA) is 66.7 Å². The summed E-state index contributed by atoms with van der Waals surface area (Å²) in [6.45, 7) is 6.95. The van der Waals surface area contributed by atoms with Crippen molar-refractivity contribution < 1.29 is 27.1 Å². The maximum Gasteiger partial charge on any atom is 0.416 e. The number of ether oxygens (including phenoxy) is 1. The third kappa shape index (κ3) is 5.23. The summed E-state index contributed by atoms with van der Waals surface area (Å²) in [4.78, 5) is 19.6. The second-order valence-corrected chi connectivity index (χ2v) is 12.5. The number of likely N-dealkylation sites (N-methyl/N-ethyl adjacent to an activating group) is 1. The van der Waals surface area contributed by atoms with Gasteiger partial charge in [0.25, 0.3) is 5.91 Å². The normalized spacial score (nSPS) is 21.7. The van der Waals surface area contributed by atoms with Gasteiger partial charge in [0.05, 0.1) is 30.7 Å². The Bertz CT molecular complexity index is 1520. The first-order valence-electron chi connectivity index (χ1n) is 14.5. The summed E-state index contributed by atoms with van der Waals surface area (Å²) in [5.74, 6) is -0.0198. The fraction of sp³-hybridized carbons (Fsp3) is 0.516. The second kappa shape index (κ2) is 11.0. The first-order chi connectivity index (χ1) is 20.4. The summed E-state index contributed by atoms with van der Waals surface area (Å²) < 4.78 is 66.1. The number of rotatable bonds is 7. The van der Waals surface area contributed by atoms with Gasteiger partial charge in [-0.1, -0.05) is 26.0 Å². The molecule has 0 N–H and O–H groups in total. The number of alkyl halides is 4. The van der Waals surface area contributed by atoms with E-state index < -0.39 is 29.2 Å². The predicted molar refractivity (Wildman–Crippen MR) is 152 cm³/mol. The molecule has 0 aliphatic carbocycles. The summed E-state index contributed by atoms with van der Waals surface area (Å²) in [6.07, 6.45) is -4.73. The summed E-state index contributed by atoms with van der Waals surface area (Å²) in [5.41, 5.74) is -0.335. The van der Waals surface area contributed by atoms with Crippen LogP contribution in [0.5, 0.6) is 0 Å². The summed E-state index contributed by atoms with van der Waals surface area (Å²) in [5, 5.41) is 7.73. The first kappa shape index (κ1) is 29.7. The highest BCUT2D eigenvalue weighted by Crippen LogP contribution is 2.47. The molecule has 2 fully saturated rings. The lowest BCUT2D eigenvalue weighted by Crippen LogP contribution is -2.53. The summed E-state index contributed by atoms with van der Waals surface area (Å²) in [7, 11) is 3.71. The second-order valence-electron chi connectivity index (χ2n) is 12.5. The van der Waals surface area contributed by atoms with Crippen molar-refractivity contribution in [2.24, 2.45) is 13.0 Å². The van der Waals surface area contributed by atoms with E-state index in [0.29, 0.717) is 29.3 Å². The Labute approximate surface area is 248 Å². The number of anilines is 1. The quantitative estimate of drug-likeness (QED) is 0.365. The molecule has 3 aliphatic heterocycles. The van der Waals surface area contributed by atoms with Crippen LogP contribution >= 0.6 is 0 Å². The zero-order chi connectivity index (χ0) is 30.7. The minimum absolute atomic E-state index is 0.0328. The van der Waals surface area contributed by atoms with Crippen molar-refractivity contribution in [3.63, 3.8) is 0 Å². The third-order valence-electron chi connectivity index (χ3n) is 9.21. The van der Waals surface area contributed by atoms with Gasteiger partial charge >= 0.3 is 6.18 Å². The molecule has 0 radical (unpaired) electrons. The lowest BCUT2D eigenvalue weighted by Gasteiger charge is -2.43. The number of piperazine rings is 1. The maximum absolute atomic E-state index is 15.9. The fourth-order valence-corrected chi connectivity index (χ4v) is 6.61. The van der Waals surface area contributed by atoms with Crippen molar-refractivity contribution >= 4 is 11.6 Å². The van der Waals surface area contributed by atoms with E-state index in [4.69, 9.17) is 4.74 Å². The number of amides is 1. The Kier molecular flexibility index (Phi) is 7.58. The Morgan fingerprint density at radius 1 is 1.12 bits per heavy atom. The number of benzene rings is 2. The molecule has 1 amide bonds. The largest absolute Gasteiger partial charge is 0.416 e. The van der Waals surface area contributed by atoms with E-state index in [1.54, 1.807) is 37.4 Å². The SMILES string of the molecule is CC(C)[C@H]1CN(C)CCN1Cc1cc2c(c(C(F)(F)F)c1)CN(c1cccc(C3([C@H](F)c4nncn4C)COC3)c1)C2=O. The van der Waals surface area contributed by atoms with Gasteiger partial charge in [0.1, 0.15) is 6.33 Å². The van der Waals surface area contributed by atoms with Crippen LogP contribution in [-0.4, -0.2) is 76.4 Å². The van der Waals surface area contributed by atoms with E-state index in [-0.39, 0.29) is 42.8 Å². The highest BCUT2D eigenvalue weighted by molar-refractivity contribution is 6.10.